The van der Waals surface area contributed by atoms with Crippen molar-refractivity contribution in [3.8, 4) is 0 Å². The predicted molar refractivity (Wildman–Crippen MR) is 52.7 cm³/mol. The summed E-state index contributed by atoms with van der Waals surface area (Å²) >= 11 is 0. The van der Waals surface area contributed by atoms with E-state index in [0.717, 1.165) is 24.0 Å². The zero-order valence-electron chi connectivity index (χ0n) is 7.92. The Morgan fingerprint density at radius 3 is 3.14 bits per heavy atom. The van der Waals surface area contributed by atoms with E-state index in [1.165, 1.54) is 5.01 Å². The van der Waals surface area contributed by atoms with Crippen LogP contribution in [0.4, 0.5) is 0 Å². The number of hydrogen-bond donors (Lipinski definition) is 0. The molecule has 0 fully saturated rings. The van der Waals surface area contributed by atoms with Gasteiger partial charge in [0.15, 0.2) is 0 Å². The minimum Gasteiger partial charge on any atom is -0.277 e. The molecule has 0 spiro atoms. The van der Waals surface area contributed by atoms with Crippen LogP contribution in [-0.2, 0) is 4.79 Å². The van der Waals surface area contributed by atoms with Gasteiger partial charge < -0.3 is 0 Å². The van der Waals surface area contributed by atoms with Crippen molar-refractivity contribution in [2.75, 3.05) is 0 Å². The van der Waals surface area contributed by atoms with Gasteiger partial charge in [0.05, 0.1) is 6.04 Å². The van der Waals surface area contributed by atoms with E-state index < -0.39 is 0 Å². The maximum absolute atomic E-state index is 10.7. The summed E-state index contributed by atoms with van der Waals surface area (Å²) in [6.45, 7) is 1.98. The smallest absolute Gasteiger partial charge is 0.230 e. The van der Waals surface area contributed by atoms with Crippen LogP contribution in [0.3, 0.4) is 0 Å². The molecule has 0 N–H and O–H groups in total. The molecule has 1 aromatic rings. The van der Waals surface area contributed by atoms with Gasteiger partial charge in [-0.3, -0.25) is 9.78 Å². The monoisotopic (exact) mass is 189 g/mol. The fraction of sp³-hybridized carbons (Fsp3) is 0.300. The highest BCUT2D eigenvalue weighted by molar-refractivity contribution is 5.65. The normalized spacial score (nSPS) is 20.1. The van der Waals surface area contributed by atoms with Crippen molar-refractivity contribution in [1.82, 2.24) is 9.99 Å². The Labute approximate surface area is 82.3 Å². The van der Waals surface area contributed by atoms with Gasteiger partial charge in [-0.1, -0.05) is 6.07 Å². The second-order valence-electron chi connectivity index (χ2n) is 3.33. The summed E-state index contributed by atoms with van der Waals surface area (Å²) in [6, 6.07) is 2.06. The number of hydrazone groups is 1. The summed E-state index contributed by atoms with van der Waals surface area (Å²) in [6.07, 6.45) is 6.84. The molecular formula is C10H11N3O. The number of hydrogen-bond acceptors (Lipinski definition) is 3. The lowest BCUT2D eigenvalue weighted by Crippen LogP contribution is -2.17. The largest absolute Gasteiger partial charge is 0.277 e. The van der Waals surface area contributed by atoms with E-state index in [-0.39, 0.29) is 6.04 Å². The number of amides is 1. The molecule has 0 saturated carbocycles. The quantitative estimate of drug-likeness (QED) is 0.658. The standard InChI is InChI=1S/C10H11N3O/c1-8-4-9(6-11-5-8)10-2-3-12-13(10)7-14/h3-7,10H,2H2,1H3. The van der Waals surface area contributed by atoms with Gasteiger partial charge in [0.25, 0.3) is 0 Å². The molecule has 1 aliphatic heterocycles. The Morgan fingerprint density at radius 2 is 2.43 bits per heavy atom. The molecule has 1 atom stereocenters. The molecule has 1 aromatic heterocycles. The van der Waals surface area contributed by atoms with E-state index in [1.54, 1.807) is 18.6 Å². The van der Waals surface area contributed by atoms with E-state index in [2.05, 4.69) is 10.1 Å². The van der Waals surface area contributed by atoms with Gasteiger partial charge >= 0.3 is 0 Å². The Kier molecular flexibility index (Phi) is 2.26. The molecular weight excluding hydrogens is 178 g/mol. The van der Waals surface area contributed by atoms with Gasteiger partial charge in [0.2, 0.25) is 6.41 Å². The van der Waals surface area contributed by atoms with Crippen LogP contribution in [-0.4, -0.2) is 22.6 Å². The van der Waals surface area contributed by atoms with Crippen molar-refractivity contribution < 1.29 is 4.79 Å². The van der Waals surface area contributed by atoms with Crippen LogP contribution in [0.2, 0.25) is 0 Å². The molecule has 1 amide bonds. The zero-order chi connectivity index (χ0) is 9.97. The number of aromatic nitrogens is 1. The summed E-state index contributed by atoms with van der Waals surface area (Å²) in [4.78, 5) is 14.8. The van der Waals surface area contributed by atoms with Crippen molar-refractivity contribution >= 4 is 12.6 Å². The third-order valence-corrected chi connectivity index (χ3v) is 2.25. The average Bonchev–Trinajstić information content (AvgIpc) is 2.65. The minimum absolute atomic E-state index is 0.0277. The minimum atomic E-state index is 0.0277. The van der Waals surface area contributed by atoms with Crippen LogP contribution in [0.25, 0.3) is 0 Å². The van der Waals surface area contributed by atoms with E-state index >= 15 is 0 Å². The lowest BCUT2D eigenvalue weighted by molar-refractivity contribution is -0.119. The SMILES string of the molecule is Cc1cncc(C2CC=NN2C=O)c1. The molecule has 0 aromatic carbocycles. The Balaban J connectivity index is 2.27. The molecule has 0 bridgehead atoms. The van der Waals surface area contributed by atoms with Crippen molar-refractivity contribution in [2.45, 2.75) is 19.4 Å². The highest BCUT2D eigenvalue weighted by atomic mass is 16.1. The van der Waals surface area contributed by atoms with Gasteiger partial charge in [0, 0.05) is 25.0 Å². The molecule has 0 radical (unpaired) electrons. The van der Waals surface area contributed by atoms with Crippen LogP contribution in [0.5, 0.6) is 0 Å². The van der Waals surface area contributed by atoms with E-state index in [4.69, 9.17) is 0 Å². The Morgan fingerprint density at radius 1 is 1.57 bits per heavy atom. The maximum Gasteiger partial charge on any atom is 0.230 e. The summed E-state index contributed by atoms with van der Waals surface area (Å²) < 4.78 is 0. The summed E-state index contributed by atoms with van der Waals surface area (Å²) in [5.74, 6) is 0. The molecule has 0 aliphatic carbocycles. The first-order valence-electron chi connectivity index (χ1n) is 4.49. The van der Waals surface area contributed by atoms with Crippen molar-refractivity contribution in [1.29, 1.82) is 0 Å². The highest BCUT2D eigenvalue weighted by Gasteiger charge is 2.22. The van der Waals surface area contributed by atoms with Crippen molar-refractivity contribution in [3.05, 3.63) is 29.6 Å². The molecule has 4 nitrogen and oxygen atoms in total. The molecule has 14 heavy (non-hydrogen) atoms. The number of carbonyl (C=O) groups is 1. The predicted octanol–water partition coefficient (Wildman–Crippen LogP) is 1.28. The highest BCUT2D eigenvalue weighted by Crippen LogP contribution is 2.26. The number of rotatable bonds is 2. The lowest BCUT2D eigenvalue weighted by atomic mass is 10.1. The van der Waals surface area contributed by atoms with Gasteiger partial charge in [-0.05, 0) is 18.1 Å². The second-order valence-corrected chi connectivity index (χ2v) is 3.33. The lowest BCUT2D eigenvalue weighted by Gasteiger charge is -2.17. The molecule has 72 valence electrons. The molecule has 1 aliphatic rings. The van der Waals surface area contributed by atoms with Crippen LogP contribution in [0.1, 0.15) is 23.6 Å². The number of carbonyl (C=O) groups excluding carboxylic acids is 1. The summed E-state index contributed by atoms with van der Waals surface area (Å²) in [5.41, 5.74) is 2.13. The van der Waals surface area contributed by atoms with E-state index in [0.29, 0.717) is 0 Å². The summed E-state index contributed by atoms with van der Waals surface area (Å²) in [5, 5.41) is 5.38. The second kappa shape index (κ2) is 3.57. The van der Waals surface area contributed by atoms with Gasteiger partial charge in [0.1, 0.15) is 0 Å². The fourth-order valence-corrected chi connectivity index (χ4v) is 1.58. The number of aryl methyl sites for hydroxylation is 1. The van der Waals surface area contributed by atoms with Crippen molar-refractivity contribution in [2.24, 2.45) is 5.10 Å². The zero-order valence-corrected chi connectivity index (χ0v) is 7.92. The van der Waals surface area contributed by atoms with Crippen LogP contribution >= 0.6 is 0 Å². The van der Waals surface area contributed by atoms with E-state index in [9.17, 15) is 4.79 Å². The molecule has 4 heteroatoms. The Hall–Kier alpha value is -1.71. The average molecular weight is 189 g/mol. The molecule has 0 saturated heterocycles. The van der Waals surface area contributed by atoms with Gasteiger partial charge in [-0.25, -0.2) is 5.01 Å². The third kappa shape index (κ3) is 1.51. The topological polar surface area (TPSA) is 45.6 Å². The molecule has 1 unspecified atom stereocenters. The number of pyridine rings is 1. The van der Waals surface area contributed by atoms with E-state index in [1.807, 2.05) is 13.0 Å². The number of nitrogens with zero attached hydrogens (tertiary/aromatic N) is 3. The van der Waals surface area contributed by atoms with Crippen LogP contribution in [0.15, 0.2) is 23.6 Å². The first-order valence-corrected chi connectivity index (χ1v) is 4.49. The maximum atomic E-state index is 10.7. The molecule has 2 heterocycles. The van der Waals surface area contributed by atoms with Crippen LogP contribution < -0.4 is 0 Å². The summed E-state index contributed by atoms with van der Waals surface area (Å²) in [7, 11) is 0. The Bertz CT molecular complexity index is 375. The first kappa shape index (κ1) is 8.87. The van der Waals surface area contributed by atoms with Crippen molar-refractivity contribution in [3.63, 3.8) is 0 Å². The fourth-order valence-electron chi connectivity index (χ4n) is 1.58. The van der Waals surface area contributed by atoms with Gasteiger partial charge in [-0.15, -0.1) is 0 Å². The third-order valence-electron chi connectivity index (χ3n) is 2.25. The van der Waals surface area contributed by atoms with Crippen LogP contribution in [0, 0.1) is 6.92 Å². The first-order chi connectivity index (χ1) is 6.81. The van der Waals surface area contributed by atoms with Gasteiger partial charge in [-0.2, -0.15) is 5.10 Å². The molecule has 2 rings (SSSR count).